The first-order chi connectivity index (χ1) is 10.1. The van der Waals surface area contributed by atoms with E-state index in [0.29, 0.717) is 6.04 Å². The summed E-state index contributed by atoms with van der Waals surface area (Å²) in [6, 6.07) is 9.05. The maximum Gasteiger partial charge on any atom is 0.0652 e. The topological polar surface area (TPSA) is 29.9 Å². The molecule has 0 radical (unpaired) electrons. The van der Waals surface area contributed by atoms with E-state index in [1.54, 1.807) is 0 Å². The van der Waals surface area contributed by atoms with Gasteiger partial charge in [-0.05, 0) is 63.4 Å². The van der Waals surface area contributed by atoms with E-state index in [0.717, 1.165) is 30.8 Å². The molecule has 0 spiro atoms. The SMILES string of the molecule is CCCNC(C)c1cccc(-n2nc(C)c(CC)c2C)c1. The molecule has 0 aliphatic heterocycles. The van der Waals surface area contributed by atoms with Crippen molar-refractivity contribution in [1.29, 1.82) is 0 Å². The van der Waals surface area contributed by atoms with Crippen molar-refractivity contribution < 1.29 is 0 Å². The highest BCUT2D eigenvalue weighted by atomic mass is 15.3. The molecule has 2 rings (SSSR count). The van der Waals surface area contributed by atoms with E-state index < -0.39 is 0 Å². The van der Waals surface area contributed by atoms with Crippen molar-refractivity contribution in [2.24, 2.45) is 0 Å². The molecule has 0 amide bonds. The molecular weight excluding hydrogens is 258 g/mol. The van der Waals surface area contributed by atoms with E-state index in [2.05, 4.69) is 68.9 Å². The van der Waals surface area contributed by atoms with Gasteiger partial charge >= 0.3 is 0 Å². The summed E-state index contributed by atoms with van der Waals surface area (Å²) >= 11 is 0. The van der Waals surface area contributed by atoms with Crippen LogP contribution in [0.15, 0.2) is 24.3 Å². The molecule has 1 unspecified atom stereocenters. The Kier molecular flexibility index (Phi) is 5.18. The average Bonchev–Trinajstić information content (AvgIpc) is 2.79. The fourth-order valence-electron chi connectivity index (χ4n) is 2.84. The third-order valence-corrected chi connectivity index (χ3v) is 4.11. The van der Waals surface area contributed by atoms with E-state index in [4.69, 9.17) is 5.10 Å². The van der Waals surface area contributed by atoms with Crippen LogP contribution in [-0.4, -0.2) is 16.3 Å². The molecule has 0 saturated carbocycles. The van der Waals surface area contributed by atoms with Gasteiger partial charge in [0.1, 0.15) is 0 Å². The fourth-order valence-corrected chi connectivity index (χ4v) is 2.84. The summed E-state index contributed by atoms with van der Waals surface area (Å²) in [6.45, 7) is 11.9. The minimum absolute atomic E-state index is 0.368. The van der Waals surface area contributed by atoms with Gasteiger partial charge < -0.3 is 5.32 Å². The van der Waals surface area contributed by atoms with Crippen molar-refractivity contribution in [2.75, 3.05) is 6.54 Å². The number of hydrogen-bond acceptors (Lipinski definition) is 2. The molecule has 1 aromatic heterocycles. The third kappa shape index (κ3) is 3.35. The second-order valence-electron chi connectivity index (χ2n) is 5.69. The van der Waals surface area contributed by atoms with Gasteiger partial charge in [0.2, 0.25) is 0 Å². The number of nitrogens with zero attached hydrogens (tertiary/aromatic N) is 2. The van der Waals surface area contributed by atoms with Crippen LogP contribution in [0, 0.1) is 13.8 Å². The molecule has 3 heteroatoms. The van der Waals surface area contributed by atoms with Crippen LogP contribution >= 0.6 is 0 Å². The minimum atomic E-state index is 0.368. The Bertz CT molecular complexity index is 599. The van der Waals surface area contributed by atoms with Gasteiger partial charge in [-0.1, -0.05) is 26.0 Å². The Morgan fingerprint density at radius 1 is 1.24 bits per heavy atom. The summed E-state index contributed by atoms with van der Waals surface area (Å²) in [5, 5.41) is 8.25. The lowest BCUT2D eigenvalue weighted by molar-refractivity contribution is 0.570. The highest BCUT2D eigenvalue weighted by Gasteiger charge is 2.12. The van der Waals surface area contributed by atoms with Crippen molar-refractivity contribution in [1.82, 2.24) is 15.1 Å². The number of hydrogen-bond donors (Lipinski definition) is 1. The van der Waals surface area contributed by atoms with Crippen LogP contribution in [0.2, 0.25) is 0 Å². The molecule has 2 aromatic rings. The first kappa shape index (κ1) is 15.8. The first-order valence-corrected chi connectivity index (χ1v) is 7.97. The van der Waals surface area contributed by atoms with Gasteiger partial charge in [0.15, 0.2) is 0 Å². The highest BCUT2D eigenvalue weighted by Crippen LogP contribution is 2.21. The smallest absolute Gasteiger partial charge is 0.0652 e. The molecule has 1 heterocycles. The van der Waals surface area contributed by atoms with Crippen LogP contribution in [0.4, 0.5) is 0 Å². The fraction of sp³-hybridized carbons (Fsp3) is 0.500. The molecular formula is C18H27N3. The van der Waals surface area contributed by atoms with Crippen molar-refractivity contribution in [3.63, 3.8) is 0 Å². The van der Waals surface area contributed by atoms with Crippen LogP contribution in [0.25, 0.3) is 5.69 Å². The number of aromatic nitrogens is 2. The molecule has 0 aliphatic carbocycles. The largest absolute Gasteiger partial charge is 0.310 e. The van der Waals surface area contributed by atoms with Crippen molar-refractivity contribution in [3.8, 4) is 5.69 Å². The quantitative estimate of drug-likeness (QED) is 0.865. The minimum Gasteiger partial charge on any atom is -0.310 e. The van der Waals surface area contributed by atoms with Crippen LogP contribution in [-0.2, 0) is 6.42 Å². The number of aryl methyl sites for hydroxylation is 1. The Balaban J connectivity index is 2.33. The Morgan fingerprint density at radius 3 is 2.62 bits per heavy atom. The number of benzene rings is 1. The van der Waals surface area contributed by atoms with Gasteiger partial charge in [-0.3, -0.25) is 0 Å². The average molecular weight is 285 g/mol. The molecule has 21 heavy (non-hydrogen) atoms. The summed E-state index contributed by atoms with van der Waals surface area (Å²) in [6.07, 6.45) is 2.19. The molecule has 1 N–H and O–H groups in total. The lowest BCUT2D eigenvalue weighted by Gasteiger charge is -2.15. The van der Waals surface area contributed by atoms with Crippen LogP contribution in [0.1, 0.15) is 55.7 Å². The van der Waals surface area contributed by atoms with E-state index in [9.17, 15) is 0 Å². The van der Waals surface area contributed by atoms with E-state index >= 15 is 0 Å². The summed E-state index contributed by atoms with van der Waals surface area (Å²) in [4.78, 5) is 0. The van der Waals surface area contributed by atoms with Crippen LogP contribution < -0.4 is 5.32 Å². The standard InChI is InChI=1S/C18H27N3/c1-6-11-19-13(3)16-9-8-10-17(12-16)21-15(5)18(7-2)14(4)20-21/h8-10,12-13,19H,6-7,11H2,1-5H3. The predicted molar refractivity (Wildman–Crippen MR) is 89.1 cm³/mol. The van der Waals surface area contributed by atoms with Gasteiger partial charge in [0.25, 0.3) is 0 Å². The summed E-state index contributed by atoms with van der Waals surface area (Å²) < 4.78 is 2.07. The summed E-state index contributed by atoms with van der Waals surface area (Å²) in [5.41, 5.74) is 6.21. The molecule has 3 nitrogen and oxygen atoms in total. The zero-order valence-electron chi connectivity index (χ0n) is 13.9. The van der Waals surface area contributed by atoms with Crippen molar-refractivity contribution in [3.05, 3.63) is 46.8 Å². The Labute approximate surface area is 128 Å². The second-order valence-corrected chi connectivity index (χ2v) is 5.69. The monoisotopic (exact) mass is 285 g/mol. The third-order valence-electron chi connectivity index (χ3n) is 4.11. The molecule has 0 fully saturated rings. The molecule has 114 valence electrons. The number of rotatable bonds is 6. The molecule has 0 saturated heterocycles. The molecule has 0 aliphatic rings. The van der Waals surface area contributed by atoms with Crippen molar-refractivity contribution in [2.45, 2.75) is 53.5 Å². The van der Waals surface area contributed by atoms with Gasteiger partial charge in [0.05, 0.1) is 11.4 Å². The second kappa shape index (κ2) is 6.90. The van der Waals surface area contributed by atoms with Gasteiger partial charge in [-0.15, -0.1) is 0 Å². The Morgan fingerprint density at radius 2 is 2.00 bits per heavy atom. The van der Waals surface area contributed by atoms with E-state index in [1.807, 2.05) is 0 Å². The zero-order chi connectivity index (χ0) is 15.4. The lowest BCUT2D eigenvalue weighted by atomic mass is 10.1. The normalized spacial score (nSPS) is 12.6. The highest BCUT2D eigenvalue weighted by molar-refractivity contribution is 5.40. The van der Waals surface area contributed by atoms with Gasteiger partial charge in [0, 0.05) is 11.7 Å². The molecule has 0 bridgehead atoms. The zero-order valence-corrected chi connectivity index (χ0v) is 13.9. The van der Waals surface area contributed by atoms with E-state index in [-0.39, 0.29) is 0 Å². The lowest BCUT2D eigenvalue weighted by Crippen LogP contribution is -2.19. The predicted octanol–water partition coefficient (Wildman–Crippen LogP) is 4.11. The maximum absolute atomic E-state index is 4.71. The first-order valence-electron chi connectivity index (χ1n) is 7.97. The van der Waals surface area contributed by atoms with Gasteiger partial charge in [-0.25, -0.2) is 4.68 Å². The number of nitrogens with one attached hydrogen (secondary N) is 1. The summed E-state index contributed by atoms with van der Waals surface area (Å²) in [5.74, 6) is 0. The van der Waals surface area contributed by atoms with Crippen LogP contribution in [0.3, 0.4) is 0 Å². The Hall–Kier alpha value is -1.61. The molecule has 1 aromatic carbocycles. The molecule has 1 atom stereocenters. The van der Waals surface area contributed by atoms with E-state index in [1.165, 1.54) is 16.8 Å². The summed E-state index contributed by atoms with van der Waals surface area (Å²) in [7, 11) is 0. The van der Waals surface area contributed by atoms with Crippen molar-refractivity contribution >= 4 is 0 Å². The van der Waals surface area contributed by atoms with Gasteiger partial charge in [-0.2, -0.15) is 5.10 Å². The maximum atomic E-state index is 4.71. The van der Waals surface area contributed by atoms with Crippen LogP contribution in [0.5, 0.6) is 0 Å².